The van der Waals surface area contributed by atoms with Crippen LogP contribution in [0.2, 0.25) is 20.1 Å². The number of fused-ring (bicyclic) bond motifs is 2. The van der Waals surface area contributed by atoms with Crippen LogP contribution in [-0.4, -0.2) is 69.1 Å². The molecule has 2 amide bonds. The van der Waals surface area contributed by atoms with Crippen LogP contribution in [0.15, 0.2) is 146 Å². The van der Waals surface area contributed by atoms with E-state index in [1.807, 2.05) is 0 Å². The molecule has 3 unspecified atom stereocenters. The number of hydrogen-bond donors (Lipinski definition) is 4. The Morgan fingerprint density at radius 2 is 0.972 bits per heavy atom. The highest BCUT2D eigenvalue weighted by atomic mass is 35.5. The Morgan fingerprint density at radius 1 is 0.551 bits per heavy atom. The number of benzene rings is 7. The molecule has 4 aliphatic carbocycles. The van der Waals surface area contributed by atoms with Crippen molar-refractivity contribution >= 4 is 87.1 Å². The van der Waals surface area contributed by atoms with Gasteiger partial charge < -0.3 is 39.4 Å². The van der Waals surface area contributed by atoms with Crippen molar-refractivity contribution in [3.8, 4) is 65.1 Å². The van der Waals surface area contributed by atoms with Crippen molar-refractivity contribution in [1.29, 1.82) is 0 Å². The summed E-state index contributed by atoms with van der Waals surface area (Å²) in [7, 11) is 4.61. The van der Waals surface area contributed by atoms with E-state index in [9.17, 15) is 72.2 Å². The number of terminal acetylenes is 1. The van der Waals surface area contributed by atoms with Gasteiger partial charge in [0.1, 0.15) is 17.2 Å². The van der Waals surface area contributed by atoms with Crippen molar-refractivity contribution in [2.45, 2.75) is 113 Å². The van der Waals surface area contributed by atoms with Crippen molar-refractivity contribution < 1.29 is 95.9 Å². The molecule has 13 rings (SSSR count). The zero-order chi connectivity index (χ0) is 77.9. The second kappa shape index (κ2) is 34.0. The van der Waals surface area contributed by atoms with E-state index in [1.165, 1.54) is 81.7 Å². The zero-order valence-corrected chi connectivity index (χ0v) is 59.8. The van der Waals surface area contributed by atoms with E-state index in [1.54, 1.807) is 79.9 Å². The number of aliphatic hydroxyl groups is 1. The molecule has 4 saturated carbocycles. The van der Waals surface area contributed by atoms with Gasteiger partial charge >= 0.3 is 36.9 Å². The lowest BCUT2D eigenvalue weighted by Gasteiger charge is -2.40. The van der Waals surface area contributed by atoms with Crippen LogP contribution in [-0.2, 0) is 45.9 Å². The standard InChI is InChI=1S/C22H17ClF3NO3.C21H19ClF3NO2.C16H13ClF3NO2.C14H9ClF3NO2.C5H6/c1-29-17-7-4-15(5-8-17)13-27-19-9-6-16(23)12-18(19)21(22(24,25)26,30-20(27)28)11-10-14-2-3-14;1-28-17-7-4-15(5-8-17)13-26-19-9-6-16(22)12-18(19)20(27,21(23,24)25)11-10-14-2-3-14;1-23-12-5-2-10(3-6-12)9-21-14-7-4-11(17)8-13(14)15(22)16(18,19)20;15-9-3-4-11-10(7-9)13(14(16,17)18,21-12(20)19-11)6-5-8-1-2-8;1-2-5-3-4-5/h4-9,12,14H,2-3,13H2,1H3;4-9,12,14,26-27H,2-3,13H2,1H3;2-8,21H,9H2,1H3;3-4,7-8H,1-2H2,(H,19,20);1,5H,3-4H2. The summed E-state index contributed by atoms with van der Waals surface area (Å²) in [6, 6.07) is 36.5. The molecule has 7 aromatic carbocycles. The number of rotatable bonds is 13. The lowest BCUT2D eigenvalue weighted by molar-refractivity contribution is -0.240. The summed E-state index contributed by atoms with van der Waals surface area (Å²) in [5, 5.41) is 18.9. The number of ketones is 1. The summed E-state index contributed by atoms with van der Waals surface area (Å²) >= 11 is 23.4. The van der Waals surface area contributed by atoms with Gasteiger partial charge in [0.2, 0.25) is 5.60 Å². The summed E-state index contributed by atoms with van der Waals surface area (Å²) in [6.07, 6.45) is -10.0. The average molecular weight is 1570 g/mol. The third-order valence-electron chi connectivity index (χ3n) is 16.7. The van der Waals surface area contributed by atoms with Crippen LogP contribution in [0.25, 0.3) is 0 Å². The van der Waals surface area contributed by atoms with E-state index in [2.05, 4.69) is 62.1 Å². The van der Waals surface area contributed by atoms with Gasteiger partial charge in [-0.1, -0.05) is 106 Å². The number of cyclic esters (lactones) is 2. The Bertz CT molecular complexity index is 4620. The fourth-order valence-electron chi connectivity index (χ4n) is 10.1. The number of halogens is 16. The van der Waals surface area contributed by atoms with Gasteiger partial charge in [0.15, 0.2) is 0 Å². The van der Waals surface area contributed by atoms with Gasteiger partial charge in [-0.3, -0.25) is 15.0 Å². The van der Waals surface area contributed by atoms with E-state index >= 15 is 0 Å². The molecule has 0 radical (unpaired) electrons. The third-order valence-corrected chi connectivity index (χ3v) is 17.6. The number of carbonyl (C=O) groups excluding carboxylic acids is 3. The highest BCUT2D eigenvalue weighted by Gasteiger charge is 2.64. The molecule has 107 heavy (non-hydrogen) atoms. The fraction of sp³-hybridized carbons (Fsp3) is 0.321. The minimum Gasteiger partial charge on any atom is -0.497 e. The van der Waals surface area contributed by atoms with Gasteiger partial charge in [-0.05, 0) is 189 Å². The maximum atomic E-state index is 14.2. The second-order valence-electron chi connectivity index (χ2n) is 24.9. The normalized spacial score (nSPS) is 18.1. The van der Waals surface area contributed by atoms with E-state index < -0.39 is 70.6 Å². The lowest BCUT2D eigenvalue weighted by Crippen LogP contribution is -2.52. The van der Waals surface area contributed by atoms with Crippen LogP contribution in [0.1, 0.15) is 95.1 Å². The van der Waals surface area contributed by atoms with Crippen molar-refractivity contribution in [3.05, 3.63) is 205 Å². The third kappa shape index (κ3) is 21.1. The molecular formula is C78H64Cl4F12N4O9. The Labute approximate surface area is 627 Å². The average Bonchev–Trinajstić information content (AvgIpc) is 1.08. The molecule has 7 aromatic rings. The molecule has 0 spiro atoms. The minimum atomic E-state index is -4.98. The highest BCUT2D eigenvalue weighted by molar-refractivity contribution is 6.32. The van der Waals surface area contributed by atoms with Crippen LogP contribution in [0.5, 0.6) is 17.2 Å². The topological polar surface area (TPSA) is 157 Å². The van der Waals surface area contributed by atoms with Crippen molar-refractivity contribution in [1.82, 2.24) is 0 Å². The van der Waals surface area contributed by atoms with E-state index in [0.717, 1.165) is 72.8 Å². The van der Waals surface area contributed by atoms with Crippen LogP contribution < -0.4 is 35.1 Å². The van der Waals surface area contributed by atoms with Gasteiger partial charge in [-0.2, -0.15) is 52.7 Å². The molecule has 4 fully saturated rings. The summed E-state index contributed by atoms with van der Waals surface area (Å²) in [5.41, 5.74) is -8.22. The van der Waals surface area contributed by atoms with Gasteiger partial charge in [0.25, 0.3) is 17.0 Å². The summed E-state index contributed by atoms with van der Waals surface area (Å²) in [5.74, 6) is 17.2. The Morgan fingerprint density at radius 3 is 1.42 bits per heavy atom. The van der Waals surface area contributed by atoms with E-state index in [0.29, 0.717) is 28.7 Å². The monoisotopic (exact) mass is 1570 g/mol. The number of nitrogens with one attached hydrogen (secondary N) is 3. The van der Waals surface area contributed by atoms with E-state index in [-0.39, 0.29) is 91.4 Å². The molecule has 6 aliphatic rings. The number of alkyl halides is 12. The predicted molar refractivity (Wildman–Crippen MR) is 381 cm³/mol. The molecule has 13 nitrogen and oxygen atoms in total. The van der Waals surface area contributed by atoms with Gasteiger partial charge in [-0.25, -0.2) is 9.59 Å². The summed E-state index contributed by atoms with van der Waals surface area (Å²) < 4.78 is 188. The number of methoxy groups -OCH3 is 3. The van der Waals surface area contributed by atoms with Gasteiger partial charge in [0.05, 0.1) is 44.8 Å². The molecule has 4 N–H and O–H groups in total. The van der Waals surface area contributed by atoms with Crippen molar-refractivity contribution in [3.63, 3.8) is 0 Å². The van der Waals surface area contributed by atoms with Crippen LogP contribution in [0.4, 0.5) is 85.0 Å². The van der Waals surface area contributed by atoms with Crippen molar-refractivity contribution in [2.75, 3.05) is 42.2 Å². The summed E-state index contributed by atoms with van der Waals surface area (Å²) in [4.78, 5) is 36.9. The predicted octanol–water partition coefficient (Wildman–Crippen LogP) is 20.6. The first-order chi connectivity index (χ1) is 50.5. The number of ether oxygens (including phenoxy) is 5. The maximum Gasteiger partial charge on any atom is 0.454 e. The molecule has 29 heteroatoms. The maximum absolute atomic E-state index is 14.2. The van der Waals surface area contributed by atoms with Gasteiger partial charge in [-0.15, -0.1) is 12.3 Å². The molecule has 0 bridgehead atoms. The minimum absolute atomic E-state index is 0.00179. The largest absolute Gasteiger partial charge is 0.497 e. The number of amides is 2. The van der Waals surface area contributed by atoms with Gasteiger partial charge in [0, 0.05) is 84.9 Å². The summed E-state index contributed by atoms with van der Waals surface area (Å²) in [6.45, 7) is 0.522. The van der Waals surface area contributed by atoms with Crippen LogP contribution in [0.3, 0.4) is 0 Å². The number of hydrogen-bond acceptors (Lipinski definition) is 11. The lowest BCUT2D eigenvalue weighted by atomic mass is 9.89. The van der Waals surface area contributed by atoms with Crippen LogP contribution >= 0.6 is 46.4 Å². The number of nitrogens with zero attached hydrogens (tertiary/aromatic N) is 1. The fourth-order valence-corrected chi connectivity index (χ4v) is 10.8. The molecular weight excluding hydrogens is 1510 g/mol. The Balaban J connectivity index is 0.000000162. The molecule has 3 atom stereocenters. The molecule has 2 aliphatic heterocycles. The van der Waals surface area contributed by atoms with E-state index in [4.69, 9.17) is 71.8 Å². The first kappa shape index (κ1) is 81.3. The highest BCUT2D eigenvalue weighted by Crippen LogP contribution is 2.52. The SMILES string of the molecule is C#CC1CC1.COc1ccc(CN2C(=O)OC(C#CC3CC3)(C(F)(F)F)c3cc(Cl)ccc32)cc1.COc1ccc(CNc2ccc(Cl)cc2C(=O)C(F)(F)F)cc1.COc1ccc(CNc2ccc(Cl)cc2C(O)(C#CC2CC2)C(F)(F)F)cc1.O=C1Nc2ccc(Cl)cc2C(C#CC2CC2)(C(F)(F)F)O1. The molecule has 0 aromatic heterocycles. The number of Topliss-reactive ketones (excluding diaryl/α,β-unsaturated/α-hetero) is 1. The Hall–Kier alpha value is -9.73. The van der Waals surface area contributed by atoms with Crippen LogP contribution in [0, 0.1) is 71.5 Å². The Kier molecular flexibility index (Phi) is 25.9. The zero-order valence-electron chi connectivity index (χ0n) is 56.7. The first-order valence-electron chi connectivity index (χ1n) is 32.7. The van der Waals surface area contributed by atoms with Crippen molar-refractivity contribution in [2.24, 2.45) is 23.7 Å². The smallest absolute Gasteiger partial charge is 0.454 e. The molecule has 2 heterocycles. The number of anilines is 4. The number of carbonyl (C=O) groups is 3. The molecule has 0 saturated heterocycles. The first-order valence-corrected chi connectivity index (χ1v) is 34.2. The quantitative estimate of drug-likeness (QED) is 0.0495. The second-order valence-corrected chi connectivity index (χ2v) is 26.7. The molecule has 562 valence electrons.